The average molecular weight is 569 g/mol. The van der Waals surface area contributed by atoms with E-state index in [0.717, 1.165) is 0 Å². The Balaban J connectivity index is 1.48. The zero-order chi connectivity index (χ0) is 29.5. The van der Waals surface area contributed by atoms with E-state index in [2.05, 4.69) is 20.6 Å². The molecule has 0 saturated carbocycles. The van der Waals surface area contributed by atoms with Crippen molar-refractivity contribution >= 4 is 40.1 Å². The van der Waals surface area contributed by atoms with Crippen LogP contribution in [0.2, 0.25) is 0 Å². The summed E-state index contributed by atoms with van der Waals surface area (Å²) in [4.78, 5) is 35.7. The molecule has 0 radical (unpaired) electrons. The number of carbonyl (C=O) groups excluding carboxylic acids is 2. The van der Waals surface area contributed by atoms with Crippen LogP contribution in [-0.2, 0) is 14.2 Å². The van der Waals surface area contributed by atoms with Crippen molar-refractivity contribution in [3.05, 3.63) is 35.9 Å². The molecule has 3 amide bonds. The highest BCUT2D eigenvalue weighted by Gasteiger charge is 2.32. The number of benzene rings is 1. The van der Waals surface area contributed by atoms with Gasteiger partial charge >= 0.3 is 12.1 Å². The highest BCUT2D eigenvalue weighted by atomic mass is 19.1. The largest absolute Gasteiger partial charge is 0.474 e. The molecule has 0 unspecified atom stereocenters. The lowest BCUT2D eigenvalue weighted by atomic mass is 9.96. The number of hydrogen-bond donors (Lipinski definition) is 3. The zero-order valence-electron chi connectivity index (χ0n) is 23.5. The molecule has 3 aromatic rings. The molecule has 4 N–H and O–H groups in total. The van der Waals surface area contributed by atoms with Gasteiger partial charge in [-0.25, -0.2) is 23.9 Å². The molecule has 0 aliphatic carbocycles. The predicted octanol–water partition coefficient (Wildman–Crippen LogP) is 4.00. The first kappa shape index (κ1) is 28.3. The fourth-order valence-electron chi connectivity index (χ4n) is 4.89. The fraction of sp³-hybridized carbons (Fsp3) is 0.429. The van der Waals surface area contributed by atoms with Crippen LogP contribution in [0.5, 0.6) is 5.88 Å². The van der Waals surface area contributed by atoms with Crippen LogP contribution in [0.15, 0.2) is 24.5 Å². The highest BCUT2D eigenvalue weighted by molar-refractivity contribution is 6.00. The Labute approximate surface area is 236 Å². The SMILES string of the molecule is CO[C@@H]1COC[C@@H]1NC(=O)Nc1cc2cc(-c3cnc4c(c3C)N(C(=O)OC(C)(C)C)CCO4)c(F)c(N)c2cn1. The van der Waals surface area contributed by atoms with Gasteiger partial charge in [0.25, 0.3) is 0 Å². The standard InChI is InChI=1S/C28H33FN6O6/c1-14-17(10-32-25-24(14)35(6-7-40-25)27(37)41-28(2,3)4)16-8-15-9-21(31-11-18(15)23(30)22(16)29)34-26(36)33-19-12-39-13-20(19)38-5/h8-11,19-20H,6-7,12-13,30H2,1-5H3,(H2,31,33,34,36)/t19-,20+/m0/s1. The third-order valence-electron chi connectivity index (χ3n) is 6.89. The van der Waals surface area contributed by atoms with E-state index in [1.165, 1.54) is 17.3 Å². The van der Waals surface area contributed by atoms with Gasteiger partial charge in [0.15, 0.2) is 5.82 Å². The minimum Gasteiger partial charge on any atom is -0.474 e. The van der Waals surface area contributed by atoms with E-state index in [-0.39, 0.29) is 48.2 Å². The topological polar surface area (TPSA) is 150 Å². The number of hydrogen-bond acceptors (Lipinski definition) is 9. The molecule has 4 heterocycles. The van der Waals surface area contributed by atoms with E-state index >= 15 is 4.39 Å². The second-order valence-corrected chi connectivity index (χ2v) is 10.9. The summed E-state index contributed by atoms with van der Waals surface area (Å²) in [5.41, 5.74) is 6.95. The third-order valence-corrected chi connectivity index (χ3v) is 6.89. The molecule has 12 nitrogen and oxygen atoms in total. The van der Waals surface area contributed by atoms with E-state index < -0.39 is 23.5 Å². The lowest BCUT2D eigenvalue weighted by Gasteiger charge is -2.32. The minimum absolute atomic E-state index is 0.107. The van der Waals surface area contributed by atoms with Gasteiger partial charge in [-0.05, 0) is 50.8 Å². The molecule has 2 atom stereocenters. The molecular weight excluding hydrogens is 535 g/mol. The Hall–Kier alpha value is -4.23. The first-order valence-electron chi connectivity index (χ1n) is 13.2. The minimum atomic E-state index is -0.708. The number of halogens is 1. The Morgan fingerprint density at radius 1 is 1.17 bits per heavy atom. The predicted molar refractivity (Wildman–Crippen MR) is 151 cm³/mol. The lowest BCUT2D eigenvalue weighted by Crippen LogP contribution is -2.45. The first-order valence-corrected chi connectivity index (χ1v) is 13.2. The first-order chi connectivity index (χ1) is 19.5. The number of anilines is 3. The van der Waals surface area contributed by atoms with Gasteiger partial charge in [-0.1, -0.05) is 0 Å². The van der Waals surface area contributed by atoms with Crippen LogP contribution in [-0.4, -0.2) is 73.3 Å². The molecule has 2 aliphatic rings. The molecule has 1 fully saturated rings. The van der Waals surface area contributed by atoms with Gasteiger partial charge in [0.1, 0.15) is 29.8 Å². The van der Waals surface area contributed by atoms with Crippen molar-refractivity contribution in [1.82, 2.24) is 15.3 Å². The van der Waals surface area contributed by atoms with Crippen LogP contribution in [0.3, 0.4) is 0 Å². The maximum Gasteiger partial charge on any atom is 0.415 e. The molecule has 0 spiro atoms. The zero-order valence-corrected chi connectivity index (χ0v) is 23.5. The summed E-state index contributed by atoms with van der Waals surface area (Å²) in [5.74, 6) is -0.165. The van der Waals surface area contributed by atoms with Crippen LogP contribution < -0.4 is 26.0 Å². The monoisotopic (exact) mass is 568 g/mol. The fourth-order valence-corrected chi connectivity index (χ4v) is 4.89. The van der Waals surface area contributed by atoms with Gasteiger partial charge in [0.05, 0.1) is 31.5 Å². The lowest BCUT2D eigenvalue weighted by molar-refractivity contribution is 0.0566. The van der Waals surface area contributed by atoms with Crippen molar-refractivity contribution in [1.29, 1.82) is 0 Å². The van der Waals surface area contributed by atoms with Gasteiger partial charge in [-0.15, -0.1) is 0 Å². The summed E-state index contributed by atoms with van der Waals surface area (Å²) in [6.07, 6.45) is 2.09. The second-order valence-electron chi connectivity index (χ2n) is 10.9. The Morgan fingerprint density at radius 3 is 2.68 bits per heavy atom. The van der Waals surface area contributed by atoms with Crippen LogP contribution in [0, 0.1) is 12.7 Å². The summed E-state index contributed by atoms with van der Waals surface area (Å²) < 4.78 is 37.7. The number of nitrogen functional groups attached to an aromatic ring is 1. The summed E-state index contributed by atoms with van der Waals surface area (Å²) in [6, 6.07) is 2.42. The maximum atomic E-state index is 15.7. The number of carbonyl (C=O) groups is 2. The van der Waals surface area contributed by atoms with Gasteiger partial charge in [0, 0.05) is 36.0 Å². The molecule has 1 saturated heterocycles. The van der Waals surface area contributed by atoms with Crippen LogP contribution in [0.4, 0.5) is 31.2 Å². The number of aromatic nitrogens is 2. The molecule has 2 aromatic heterocycles. The molecule has 218 valence electrons. The highest BCUT2D eigenvalue weighted by Crippen LogP contribution is 2.42. The summed E-state index contributed by atoms with van der Waals surface area (Å²) >= 11 is 0. The number of methoxy groups -OCH3 is 1. The van der Waals surface area contributed by atoms with Crippen molar-refractivity contribution < 1.29 is 32.9 Å². The van der Waals surface area contributed by atoms with Crippen molar-refractivity contribution in [3.8, 4) is 17.0 Å². The quantitative estimate of drug-likeness (QED) is 0.397. The normalized spacial score (nSPS) is 18.5. The molecule has 1 aromatic carbocycles. The molecule has 0 bridgehead atoms. The van der Waals surface area contributed by atoms with E-state index in [4.69, 9.17) is 24.7 Å². The summed E-state index contributed by atoms with van der Waals surface area (Å²) in [6.45, 7) is 8.31. The Bertz CT molecular complexity index is 1510. The van der Waals surface area contributed by atoms with Crippen LogP contribution in [0.1, 0.15) is 26.3 Å². The van der Waals surface area contributed by atoms with Crippen molar-refractivity contribution in [2.45, 2.75) is 45.4 Å². The van der Waals surface area contributed by atoms with Crippen molar-refractivity contribution in [3.63, 3.8) is 0 Å². The van der Waals surface area contributed by atoms with E-state index in [1.54, 1.807) is 46.9 Å². The van der Waals surface area contributed by atoms with Gasteiger partial charge < -0.3 is 30.0 Å². The summed E-state index contributed by atoms with van der Waals surface area (Å²) in [5, 5.41) is 6.42. The third kappa shape index (κ3) is 5.68. The number of urea groups is 1. The molecule has 5 rings (SSSR count). The number of pyridine rings is 2. The van der Waals surface area contributed by atoms with Crippen LogP contribution >= 0.6 is 0 Å². The van der Waals surface area contributed by atoms with E-state index in [9.17, 15) is 9.59 Å². The van der Waals surface area contributed by atoms with Gasteiger partial charge in [-0.2, -0.15) is 0 Å². The number of nitrogens with one attached hydrogen (secondary N) is 2. The number of amides is 3. The molecule has 2 aliphatic heterocycles. The van der Waals surface area contributed by atoms with Crippen LogP contribution in [0.25, 0.3) is 21.9 Å². The number of rotatable bonds is 4. The Morgan fingerprint density at radius 2 is 1.95 bits per heavy atom. The van der Waals surface area contributed by atoms with Crippen molar-refractivity contribution in [2.24, 2.45) is 0 Å². The number of fused-ring (bicyclic) bond motifs is 2. The molecular formula is C28H33FN6O6. The number of nitrogens with two attached hydrogens (primary N) is 1. The second kappa shape index (κ2) is 11.0. The number of ether oxygens (including phenoxy) is 4. The Kier molecular flexibility index (Phi) is 7.58. The van der Waals surface area contributed by atoms with Crippen molar-refractivity contribution in [2.75, 3.05) is 49.4 Å². The average Bonchev–Trinajstić information content (AvgIpc) is 3.36. The maximum absolute atomic E-state index is 15.7. The summed E-state index contributed by atoms with van der Waals surface area (Å²) in [7, 11) is 1.56. The molecule has 13 heteroatoms. The molecule has 41 heavy (non-hydrogen) atoms. The van der Waals surface area contributed by atoms with Gasteiger partial charge in [-0.3, -0.25) is 10.2 Å². The smallest absolute Gasteiger partial charge is 0.415 e. The van der Waals surface area contributed by atoms with E-state index in [1.807, 2.05) is 0 Å². The number of nitrogens with zero attached hydrogens (tertiary/aromatic N) is 3. The van der Waals surface area contributed by atoms with E-state index in [0.29, 0.717) is 40.8 Å². The van der Waals surface area contributed by atoms with Gasteiger partial charge in [0.2, 0.25) is 5.88 Å².